The van der Waals surface area contributed by atoms with E-state index in [1.54, 1.807) is 7.05 Å². The van der Waals surface area contributed by atoms with Gasteiger partial charge in [0.1, 0.15) is 0 Å². The molecular formula is C16H18N2O. The van der Waals surface area contributed by atoms with Crippen molar-refractivity contribution < 1.29 is 4.79 Å². The summed E-state index contributed by atoms with van der Waals surface area (Å²) in [4.78, 5) is 12.2. The van der Waals surface area contributed by atoms with Crippen LogP contribution in [0.3, 0.4) is 0 Å². The van der Waals surface area contributed by atoms with Crippen molar-refractivity contribution in [3.8, 4) is 0 Å². The Bertz CT molecular complexity index is 657. The van der Waals surface area contributed by atoms with Gasteiger partial charge >= 0.3 is 0 Å². The number of hydrogen-bond donors (Lipinski definition) is 1. The lowest BCUT2D eigenvalue weighted by atomic mass is 9.92. The summed E-state index contributed by atoms with van der Waals surface area (Å²) in [5, 5.41) is 3.61. The van der Waals surface area contributed by atoms with Gasteiger partial charge in [0.05, 0.1) is 5.41 Å². The Morgan fingerprint density at radius 3 is 2.42 bits per heavy atom. The summed E-state index contributed by atoms with van der Waals surface area (Å²) in [5.41, 5.74) is 1.97. The molecule has 0 radical (unpaired) electrons. The molecule has 2 aromatic carbocycles. The Hall–Kier alpha value is -1.87. The lowest BCUT2D eigenvalue weighted by Crippen LogP contribution is -2.41. The molecule has 98 valence electrons. The quantitative estimate of drug-likeness (QED) is 0.508. The van der Waals surface area contributed by atoms with Crippen LogP contribution in [0.15, 0.2) is 36.4 Å². The van der Waals surface area contributed by atoms with Gasteiger partial charge in [-0.1, -0.05) is 42.0 Å². The van der Waals surface area contributed by atoms with E-state index >= 15 is 0 Å². The first kappa shape index (κ1) is 12.2. The Balaban J connectivity index is 2.07. The largest absolute Gasteiger partial charge is 0.283 e. The maximum absolute atomic E-state index is 12.2. The smallest absolute Gasteiger partial charge is 0.246 e. The molecule has 0 heterocycles. The van der Waals surface area contributed by atoms with Crippen molar-refractivity contribution >= 4 is 16.7 Å². The van der Waals surface area contributed by atoms with Crippen LogP contribution in [0.25, 0.3) is 10.8 Å². The third kappa shape index (κ3) is 1.90. The first-order chi connectivity index (χ1) is 9.03. The number of hydrazine groups is 1. The van der Waals surface area contributed by atoms with Crippen LogP contribution < -0.4 is 5.84 Å². The van der Waals surface area contributed by atoms with Crippen molar-refractivity contribution in [2.24, 2.45) is 5.84 Å². The number of carbonyl (C=O) groups is 1. The highest BCUT2D eigenvalue weighted by Crippen LogP contribution is 2.49. The van der Waals surface area contributed by atoms with Crippen molar-refractivity contribution in [3.05, 3.63) is 47.5 Å². The van der Waals surface area contributed by atoms with Gasteiger partial charge in [0.2, 0.25) is 5.91 Å². The molecule has 1 aliphatic carbocycles. The molecule has 0 bridgehead atoms. The molecule has 0 atom stereocenters. The Kier molecular flexibility index (Phi) is 2.61. The monoisotopic (exact) mass is 254 g/mol. The molecular weight excluding hydrogens is 236 g/mol. The molecule has 0 saturated heterocycles. The molecule has 1 amide bonds. The van der Waals surface area contributed by atoms with Gasteiger partial charge in [-0.2, -0.15) is 0 Å². The highest BCUT2D eigenvalue weighted by molar-refractivity contribution is 5.93. The average molecular weight is 254 g/mol. The first-order valence-corrected chi connectivity index (χ1v) is 6.57. The van der Waals surface area contributed by atoms with Gasteiger partial charge in [0.25, 0.3) is 0 Å². The van der Waals surface area contributed by atoms with E-state index in [1.807, 2.05) is 0 Å². The van der Waals surface area contributed by atoms with Gasteiger partial charge in [0.15, 0.2) is 0 Å². The minimum atomic E-state index is -0.372. The third-order valence-electron chi connectivity index (χ3n) is 4.03. The van der Waals surface area contributed by atoms with Crippen LogP contribution in [0.2, 0.25) is 0 Å². The van der Waals surface area contributed by atoms with E-state index in [-0.39, 0.29) is 11.3 Å². The van der Waals surface area contributed by atoms with Gasteiger partial charge in [-0.3, -0.25) is 9.80 Å². The van der Waals surface area contributed by atoms with Gasteiger partial charge in [-0.15, -0.1) is 0 Å². The number of nitrogens with two attached hydrogens (primary N) is 1. The molecule has 3 rings (SSSR count). The van der Waals surface area contributed by atoms with E-state index in [0.717, 1.165) is 18.4 Å². The van der Waals surface area contributed by atoms with Crippen LogP contribution in [0, 0.1) is 6.92 Å². The second-order valence-corrected chi connectivity index (χ2v) is 5.56. The number of fused-ring (bicyclic) bond motifs is 1. The maximum Gasteiger partial charge on any atom is 0.246 e. The van der Waals surface area contributed by atoms with Crippen LogP contribution in [0.5, 0.6) is 0 Å². The molecule has 3 heteroatoms. The minimum absolute atomic E-state index is 0.0129. The zero-order valence-electron chi connectivity index (χ0n) is 11.3. The number of amides is 1. The second-order valence-electron chi connectivity index (χ2n) is 5.56. The molecule has 1 fully saturated rings. The Labute approximate surface area is 113 Å². The molecule has 2 aromatic rings. The minimum Gasteiger partial charge on any atom is -0.283 e. The van der Waals surface area contributed by atoms with Crippen molar-refractivity contribution in [2.75, 3.05) is 7.05 Å². The van der Waals surface area contributed by atoms with Crippen LogP contribution in [0.4, 0.5) is 0 Å². The lowest BCUT2D eigenvalue weighted by Gasteiger charge is -2.20. The summed E-state index contributed by atoms with van der Waals surface area (Å²) in [6.45, 7) is 2.09. The highest BCUT2D eigenvalue weighted by atomic mass is 16.2. The zero-order valence-corrected chi connectivity index (χ0v) is 11.3. The van der Waals surface area contributed by atoms with Gasteiger partial charge in [-0.25, -0.2) is 5.84 Å². The van der Waals surface area contributed by atoms with E-state index in [2.05, 4.69) is 43.3 Å². The third-order valence-corrected chi connectivity index (χ3v) is 4.03. The van der Waals surface area contributed by atoms with Gasteiger partial charge < -0.3 is 0 Å². The normalized spacial score (nSPS) is 16.4. The maximum atomic E-state index is 12.2. The summed E-state index contributed by atoms with van der Waals surface area (Å²) in [6, 6.07) is 12.7. The van der Waals surface area contributed by atoms with E-state index in [9.17, 15) is 4.79 Å². The molecule has 0 aromatic heterocycles. The van der Waals surface area contributed by atoms with Crippen molar-refractivity contribution in [1.82, 2.24) is 5.01 Å². The number of nitrogens with zero attached hydrogens (tertiary/aromatic N) is 1. The van der Waals surface area contributed by atoms with Crippen LogP contribution in [-0.4, -0.2) is 18.0 Å². The number of aryl methyl sites for hydroxylation is 1. The van der Waals surface area contributed by atoms with Crippen LogP contribution >= 0.6 is 0 Å². The predicted octanol–water partition coefficient (Wildman–Crippen LogP) is 2.51. The van der Waals surface area contributed by atoms with E-state index in [1.165, 1.54) is 21.3 Å². The topological polar surface area (TPSA) is 46.3 Å². The fourth-order valence-corrected chi connectivity index (χ4v) is 2.75. The summed E-state index contributed by atoms with van der Waals surface area (Å²) in [6.07, 6.45) is 1.79. The van der Waals surface area contributed by atoms with Crippen molar-refractivity contribution in [1.29, 1.82) is 0 Å². The second kappa shape index (κ2) is 4.07. The summed E-state index contributed by atoms with van der Waals surface area (Å²) < 4.78 is 0. The zero-order chi connectivity index (χ0) is 13.6. The van der Waals surface area contributed by atoms with Crippen LogP contribution in [-0.2, 0) is 10.2 Å². The van der Waals surface area contributed by atoms with Crippen molar-refractivity contribution in [3.63, 3.8) is 0 Å². The summed E-state index contributed by atoms with van der Waals surface area (Å²) >= 11 is 0. The summed E-state index contributed by atoms with van der Waals surface area (Å²) in [7, 11) is 1.62. The standard InChI is InChI=1S/C16H18N2O/c1-11-3-4-13-10-14(6-5-12(13)9-11)16(7-8-16)15(19)18(2)17/h3-6,9-10H,7-8,17H2,1-2H3. The first-order valence-electron chi connectivity index (χ1n) is 6.57. The fourth-order valence-electron chi connectivity index (χ4n) is 2.75. The van der Waals surface area contributed by atoms with E-state index < -0.39 is 0 Å². The van der Waals surface area contributed by atoms with Crippen molar-refractivity contribution in [2.45, 2.75) is 25.2 Å². The number of carbonyl (C=O) groups excluding carboxylic acids is 1. The predicted molar refractivity (Wildman–Crippen MR) is 76.6 cm³/mol. The van der Waals surface area contributed by atoms with E-state index in [4.69, 9.17) is 5.84 Å². The Morgan fingerprint density at radius 1 is 1.16 bits per heavy atom. The molecule has 0 spiro atoms. The molecule has 1 aliphatic rings. The average Bonchev–Trinajstić information content (AvgIpc) is 3.18. The molecule has 3 nitrogen and oxygen atoms in total. The number of benzene rings is 2. The molecule has 19 heavy (non-hydrogen) atoms. The van der Waals surface area contributed by atoms with E-state index in [0.29, 0.717) is 0 Å². The number of hydrogen-bond acceptors (Lipinski definition) is 2. The van der Waals surface area contributed by atoms with Gasteiger partial charge in [-0.05, 0) is 36.1 Å². The lowest BCUT2D eigenvalue weighted by molar-refractivity contribution is -0.132. The highest BCUT2D eigenvalue weighted by Gasteiger charge is 2.52. The van der Waals surface area contributed by atoms with Gasteiger partial charge in [0, 0.05) is 7.05 Å². The SMILES string of the molecule is Cc1ccc2cc(C3(C(=O)N(C)N)CC3)ccc2c1. The number of rotatable bonds is 2. The Morgan fingerprint density at radius 2 is 1.79 bits per heavy atom. The number of likely N-dealkylation sites (N-methyl/N-ethyl adjacent to an activating group) is 1. The molecule has 0 unspecified atom stereocenters. The van der Waals surface area contributed by atoms with Crippen LogP contribution in [0.1, 0.15) is 24.0 Å². The molecule has 2 N–H and O–H groups in total. The molecule has 1 saturated carbocycles. The fraction of sp³-hybridized carbons (Fsp3) is 0.312. The summed E-state index contributed by atoms with van der Waals surface area (Å²) in [5.74, 6) is 5.63. The molecule has 0 aliphatic heterocycles.